The molecule has 3 nitrogen and oxygen atoms in total. The van der Waals surface area contributed by atoms with Gasteiger partial charge in [0.25, 0.3) is 0 Å². The van der Waals surface area contributed by atoms with Gasteiger partial charge in [-0.1, -0.05) is 18.5 Å². The van der Waals surface area contributed by atoms with E-state index in [1.165, 1.54) is 0 Å². The molecule has 0 aliphatic rings. The molecule has 1 rings (SSSR count). The average Bonchev–Trinajstić information content (AvgIpc) is 2.20. The van der Waals surface area contributed by atoms with Crippen LogP contribution >= 0.6 is 11.6 Å². The van der Waals surface area contributed by atoms with Gasteiger partial charge in [0, 0.05) is 30.8 Å². The molecule has 0 saturated carbocycles. The van der Waals surface area contributed by atoms with E-state index in [1.54, 1.807) is 18.5 Å². The highest BCUT2D eigenvalue weighted by Gasteiger charge is 2.18. The summed E-state index contributed by atoms with van der Waals surface area (Å²) >= 11 is 5.91. The lowest BCUT2D eigenvalue weighted by Gasteiger charge is -2.14. The van der Waals surface area contributed by atoms with E-state index in [0.29, 0.717) is 11.4 Å². The third kappa shape index (κ3) is 3.29. The highest BCUT2D eigenvalue weighted by Crippen LogP contribution is 2.16. The van der Waals surface area contributed by atoms with Crippen LogP contribution in [0.15, 0.2) is 18.5 Å². The Hall–Kier alpha value is -0.930. The van der Waals surface area contributed by atoms with Crippen molar-refractivity contribution in [1.29, 1.82) is 0 Å². The average molecular weight is 227 g/mol. The molecule has 2 unspecified atom stereocenters. The first kappa shape index (κ1) is 12.1. The van der Waals surface area contributed by atoms with Crippen LogP contribution in [-0.4, -0.2) is 16.8 Å². The Morgan fingerprint density at radius 3 is 2.80 bits per heavy atom. The summed E-state index contributed by atoms with van der Waals surface area (Å²) in [4.78, 5) is 15.6. The predicted molar refractivity (Wildman–Crippen MR) is 60.8 cm³/mol. The second-order valence-corrected chi connectivity index (χ2v) is 4.17. The second kappa shape index (κ2) is 5.24. The number of hydrogen-bond donors (Lipinski definition) is 1. The van der Waals surface area contributed by atoms with Crippen molar-refractivity contribution in [3.05, 3.63) is 29.0 Å². The number of Topliss-reactive ketones (excluding diaryl/α,β-unsaturated/α-hetero) is 1. The van der Waals surface area contributed by atoms with Gasteiger partial charge < -0.3 is 5.73 Å². The van der Waals surface area contributed by atoms with Gasteiger partial charge in [-0.3, -0.25) is 9.78 Å². The molecule has 0 aliphatic heterocycles. The van der Waals surface area contributed by atoms with Crippen molar-refractivity contribution < 1.29 is 4.79 Å². The number of rotatable bonds is 4. The highest BCUT2D eigenvalue weighted by atomic mass is 35.5. The molecule has 0 saturated heterocycles. The number of pyridine rings is 1. The van der Waals surface area contributed by atoms with E-state index in [-0.39, 0.29) is 17.7 Å². The maximum absolute atomic E-state index is 11.7. The van der Waals surface area contributed by atoms with Crippen LogP contribution in [-0.2, 0) is 11.2 Å². The van der Waals surface area contributed by atoms with E-state index in [4.69, 9.17) is 17.3 Å². The minimum atomic E-state index is -0.144. The Labute approximate surface area is 94.6 Å². The fourth-order valence-corrected chi connectivity index (χ4v) is 1.38. The van der Waals surface area contributed by atoms with Crippen molar-refractivity contribution in [2.75, 3.05) is 0 Å². The Balaban J connectivity index is 2.71. The van der Waals surface area contributed by atoms with Gasteiger partial charge >= 0.3 is 0 Å². The van der Waals surface area contributed by atoms with Gasteiger partial charge in [0.1, 0.15) is 5.78 Å². The number of carbonyl (C=O) groups excluding carboxylic acids is 1. The lowest BCUT2D eigenvalue weighted by atomic mass is 9.95. The van der Waals surface area contributed by atoms with Gasteiger partial charge in [0.15, 0.2) is 0 Å². The van der Waals surface area contributed by atoms with Gasteiger partial charge in [-0.2, -0.15) is 0 Å². The number of hydrogen-bond acceptors (Lipinski definition) is 3. The molecule has 0 amide bonds. The Morgan fingerprint density at radius 2 is 2.27 bits per heavy atom. The molecule has 4 heteroatoms. The molecule has 82 valence electrons. The molecule has 2 atom stereocenters. The Kier molecular flexibility index (Phi) is 4.24. The van der Waals surface area contributed by atoms with Crippen molar-refractivity contribution in [3.63, 3.8) is 0 Å². The Bertz CT molecular complexity index is 352. The number of carbonyl (C=O) groups is 1. The summed E-state index contributed by atoms with van der Waals surface area (Å²) < 4.78 is 0. The van der Waals surface area contributed by atoms with Gasteiger partial charge in [0.2, 0.25) is 0 Å². The standard InChI is InChI=1S/C11H15ClN2O/c1-7(8(2)13)11(15)5-9-3-4-14-6-10(9)12/h3-4,6-8H,5,13H2,1-2H3. The molecular weight excluding hydrogens is 212 g/mol. The first-order valence-corrected chi connectivity index (χ1v) is 5.27. The maximum atomic E-state index is 11.7. The van der Waals surface area contributed by atoms with Crippen LogP contribution in [0.1, 0.15) is 19.4 Å². The molecule has 0 aliphatic carbocycles. The normalized spacial score (nSPS) is 14.7. The van der Waals surface area contributed by atoms with Crippen LogP contribution in [0.5, 0.6) is 0 Å². The van der Waals surface area contributed by atoms with E-state index in [0.717, 1.165) is 5.56 Å². The minimum absolute atomic E-state index is 0.109. The van der Waals surface area contributed by atoms with Gasteiger partial charge in [0.05, 0.1) is 5.02 Å². The molecule has 0 radical (unpaired) electrons. The first-order chi connectivity index (χ1) is 7.02. The molecule has 1 heterocycles. The predicted octanol–water partition coefficient (Wildman–Crippen LogP) is 1.83. The Morgan fingerprint density at radius 1 is 1.60 bits per heavy atom. The van der Waals surface area contributed by atoms with Gasteiger partial charge in [-0.05, 0) is 18.6 Å². The molecule has 1 aromatic rings. The van der Waals surface area contributed by atoms with Gasteiger partial charge in [-0.25, -0.2) is 0 Å². The van der Waals surface area contributed by atoms with Crippen molar-refractivity contribution in [3.8, 4) is 0 Å². The monoisotopic (exact) mass is 226 g/mol. The molecule has 0 spiro atoms. The minimum Gasteiger partial charge on any atom is -0.327 e. The summed E-state index contributed by atoms with van der Waals surface area (Å²) in [5, 5.41) is 0.530. The maximum Gasteiger partial charge on any atom is 0.141 e. The zero-order valence-corrected chi connectivity index (χ0v) is 9.66. The third-order valence-electron chi connectivity index (χ3n) is 2.52. The largest absolute Gasteiger partial charge is 0.327 e. The first-order valence-electron chi connectivity index (χ1n) is 4.89. The molecule has 1 aromatic heterocycles. The van der Waals surface area contributed by atoms with E-state index in [9.17, 15) is 4.79 Å². The molecular formula is C11H15ClN2O. The number of ketones is 1. The fourth-order valence-electron chi connectivity index (χ4n) is 1.19. The summed E-state index contributed by atoms with van der Waals surface area (Å²) in [7, 11) is 0. The number of aromatic nitrogens is 1. The van der Waals surface area contributed by atoms with Crippen LogP contribution in [0.25, 0.3) is 0 Å². The van der Waals surface area contributed by atoms with Gasteiger partial charge in [-0.15, -0.1) is 0 Å². The summed E-state index contributed by atoms with van der Waals surface area (Å²) in [6.07, 6.45) is 3.50. The van der Waals surface area contributed by atoms with Crippen LogP contribution < -0.4 is 5.73 Å². The lowest BCUT2D eigenvalue weighted by molar-refractivity contribution is -0.122. The molecule has 2 N–H and O–H groups in total. The summed E-state index contributed by atoms with van der Waals surface area (Å²) in [6.45, 7) is 3.67. The smallest absolute Gasteiger partial charge is 0.141 e. The fraction of sp³-hybridized carbons (Fsp3) is 0.455. The lowest BCUT2D eigenvalue weighted by Crippen LogP contribution is -2.31. The van der Waals surface area contributed by atoms with Crippen LogP contribution in [0, 0.1) is 5.92 Å². The van der Waals surface area contributed by atoms with E-state index in [1.807, 2.05) is 13.8 Å². The zero-order chi connectivity index (χ0) is 11.4. The van der Waals surface area contributed by atoms with E-state index in [2.05, 4.69) is 4.98 Å². The topological polar surface area (TPSA) is 56.0 Å². The zero-order valence-electron chi connectivity index (χ0n) is 8.90. The molecule has 0 fully saturated rings. The second-order valence-electron chi connectivity index (χ2n) is 3.76. The van der Waals surface area contributed by atoms with E-state index < -0.39 is 0 Å². The quantitative estimate of drug-likeness (QED) is 0.852. The third-order valence-corrected chi connectivity index (χ3v) is 2.86. The summed E-state index contributed by atoms with van der Waals surface area (Å²) in [5.74, 6) is -0.0349. The van der Waals surface area contributed by atoms with Crippen LogP contribution in [0.3, 0.4) is 0 Å². The van der Waals surface area contributed by atoms with Crippen LogP contribution in [0.4, 0.5) is 0 Å². The van der Waals surface area contributed by atoms with Crippen molar-refractivity contribution in [2.45, 2.75) is 26.3 Å². The molecule has 0 bridgehead atoms. The van der Waals surface area contributed by atoms with Crippen molar-refractivity contribution in [1.82, 2.24) is 4.98 Å². The summed E-state index contributed by atoms with van der Waals surface area (Å²) in [5.41, 5.74) is 6.47. The van der Waals surface area contributed by atoms with Crippen LogP contribution in [0.2, 0.25) is 5.02 Å². The van der Waals surface area contributed by atoms with Crippen molar-refractivity contribution >= 4 is 17.4 Å². The number of halogens is 1. The number of nitrogens with two attached hydrogens (primary N) is 1. The number of nitrogens with zero attached hydrogens (tertiary/aromatic N) is 1. The summed E-state index contributed by atoms with van der Waals surface area (Å²) in [6, 6.07) is 1.63. The van der Waals surface area contributed by atoms with E-state index >= 15 is 0 Å². The molecule has 15 heavy (non-hydrogen) atoms. The SMILES string of the molecule is CC(N)C(C)C(=O)Cc1ccncc1Cl. The van der Waals surface area contributed by atoms with Crippen molar-refractivity contribution in [2.24, 2.45) is 11.7 Å². The highest BCUT2D eigenvalue weighted by molar-refractivity contribution is 6.31. The molecule has 0 aromatic carbocycles.